The van der Waals surface area contributed by atoms with Crippen molar-refractivity contribution in [3.05, 3.63) is 12.7 Å². The monoisotopic (exact) mass is 160 g/mol. The van der Waals surface area contributed by atoms with Crippen LogP contribution >= 0.6 is 11.8 Å². The summed E-state index contributed by atoms with van der Waals surface area (Å²) in [5, 5.41) is 8.45. The number of hydrogen-bond donors (Lipinski definition) is 1. The summed E-state index contributed by atoms with van der Waals surface area (Å²) >= 11 is 1.90. The standard InChI is InChI=1S/C8H16OS/c1-2-7-10-8-5-3-4-6-9/h2,9H,1,3-8H2. The van der Waals surface area contributed by atoms with Crippen LogP contribution in [0.1, 0.15) is 19.3 Å². The van der Waals surface area contributed by atoms with E-state index in [-0.39, 0.29) is 0 Å². The molecule has 0 radical (unpaired) electrons. The smallest absolute Gasteiger partial charge is 0.0431 e. The quantitative estimate of drug-likeness (QED) is 0.454. The maximum atomic E-state index is 8.45. The zero-order chi connectivity index (χ0) is 7.66. The maximum Gasteiger partial charge on any atom is 0.0431 e. The van der Waals surface area contributed by atoms with Crippen molar-refractivity contribution in [2.45, 2.75) is 19.3 Å². The Bertz CT molecular complexity index is 73.7. The number of hydrogen-bond acceptors (Lipinski definition) is 2. The number of aliphatic hydroxyl groups is 1. The molecule has 0 atom stereocenters. The van der Waals surface area contributed by atoms with Crippen molar-refractivity contribution in [3.8, 4) is 0 Å². The Kier molecular flexibility index (Phi) is 9.10. The van der Waals surface area contributed by atoms with Gasteiger partial charge in [0.15, 0.2) is 0 Å². The van der Waals surface area contributed by atoms with Gasteiger partial charge in [0.1, 0.15) is 0 Å². The molecule has 0 rings (SSSR count). The van der Waals surface area contributed by atoms with Gasteiger partial charge < -0.3 is 5.11 Å². The van der Waals surface area contributed by atoms with Crippen molar-refractivity contribution in [2.75, 3.05) is 18.1 Å². The molecule has 0 heterocycles. The summed E-state index contributed by atoms with van der Waals surface area (Å²) in [6.45, 7) is 3.97. The number of aliphatic hydroxyl groups excluding tert-OH is 1. The van der Waals surface area contributed by atoms with Gasteiger partial charge in [0.25, 0.3) is 0 Å². The summed E-state index contributed by atoms with van der Waals surface area (Å²) in [6, 6.07) is 0. The fraction of sp³-hybridized carbons (Fsp3) is 0.750. The van der Waals surface area contributed by atoms with E-state index in [0.29, 0.717) is 6.61 Å². The second kappa shape index (κ2) is 9.05. The zero-order valence-electron chi connectivity index (χ0n) is 6.38. The van der Waals surface area contributed by atoms with Crippen LogP contribution < -0.4 is 0 Å². The van der Waals surface area contributed by atoms with E-state index in [1.807, 2.05) is 17.8 Å². The van der Waals surface area contributed by atoms with Crippen LogP contribution in [-0.2, 0) is 0 Å². The summed E-state index contributed by atoms with van der Waals surface area (Å²) in [5.74, 6) is 2.26. The molecule has 60 valence electrons. The maximum absolute atomic E-state index is 8.45. The molecule has 0 spiro atoms. The van der Waals surface area contributed by atoms with Gasteiger partial charge in [0.2, 0.25) is 0 Å². The number of unbranched alkanes of at least 4 members (excludes halogenated alkanes) is 2. The second-order valence-electron chi connectivity index (χ2n) is 2.15. The lowest BCUT2D eigenvalue weighted by molar-refractivity contribution is 0.284. The molecule has 0 aromatic heterocycles. The molecule has 0 aliphatic heterocycles. The summed E-state index contributed by atoms with van der Waals surface area (Å²) < 4.78 is 0. The Morgan fingerprint density at radius 2 is 2.10 bits per heavy atom. The second-order valence-corrected chi connectivity index (χ2v) is 3.30. The molecule has 2 heteroatoms. The molecule has 0 fully saturated rings. The molecule has 0 bridgehead atoms. The molecule has 1 nitrogen and oxygen atoms in total. The highest BCUT2D eigenvalue weighted by atomic mass is 32.2. The van der Waals surface area contributed by atoms with E-state index >= 15 is 0 Å². The van der Waals surface area contributed by atoms with E-state index in [9.17, 15) is 0 Å². The molecular formula is C8H16OS. The van der Waals surface area contributed by atoms with Crippen LogP contribution in [0.25, 0.3) is 0 Å². The first kappa shape index (κ1) is 10.0. The van der Waals surface area contributed by atoms with E-state index in [0.717, 1.165) is 18.6 Å². The molecule has 10 heavy (non-hydrogen) atoms. The highest BCUT2D eigenvalue weighted by Gasteiger charge is 1.87. The van der Waals surface area contributed by atoms with E-state index in [2.05, 4.69) is 6.58 Å². The van der Waals surface area contributed by atoms with E-state index in [1.165, 1.54) is 12.2 Å². The van der Waals surface area contributed by atoms with Crippen LogP contribution in [-0.4, -0.2) is 23.2 Å². The van der Waals surface area contributed by atoms with Crippen molar-refractivity contribution in [2.24, 2.45) is 0 Å². The van der Waals surface area contributed by atoms with E-state index in [1.54, 1.807) is 0 Å². The Morgan fingerprint density at radius 1 is 1.30 bits per heavy atom. The van der Waals surface area contributed by atoms with Gasteiger partial charge in [-0.3, -0.25) is 0 Å². The van der Waals surface area contributed by atoms with Gasteiger partial charge >= 0.3 is 0 Å². The first-order valence-electron chi connectivity index (χ1n) is 3.71. The van der Waals surface area contributed by atoms with Crippen LogP contribution in [0.15, 0.2) is 12.7 Å². The normalized spacial score (nSPS) is 9.70. The molecule has 0 saturated carbocycles. The lowest BCUT2D eigenvalue weighted by Crippen LogP contribution is -1.85. The van der Waals surface area contributed by atoms with Crippen molar-refractivity contribution in [3.63, 3.8) is 0 Å². The summed E-state index contributed by atoms with van der Waals surface area (Å²) in [5.41, 5.74) is 0. The molecule has 0 aromatic rings. The summed E-state index contributed by atoms with van der Waals surface area (Å²) in [4.78, 5) is 0. The van der Waals surface area contributed by atoms with Crippen molar-refractivity contribution >= 4 is 11.8 Å². The minimum Gasteiger partial charge on any atom is -0.396 e. The Labute approximate surface area is 67.5 Å². The van der Waals surface area contributed by atoms with Crippen molar-refractivity contribution in [1.29, 1.82) is 0 Å². The third-order valence-corrected chi connectivity index (χ3v) is 2.23. The largest absolute Gasteiger partial charge is 0.396 e. The van der Waals surface area contributed by atoms with Crippen LogP contribution in [0.4, 0.5) is 0 Å². The fourth-order valence-corrected chi connectivity index (χ4v) is 1.40. The summed E-state index contributed by atoms with van der Waals surface area (Å²) in [7, 11) is 0. The third-order valence-electron chi connectivity index (χ3n) is 1.18. The van der Waals surface area contributed by atoms with Crippen LogP contribution in [0.2, 0.25) is 0 Å². The molecule has 1 N–H and O–H groups in total. The predicted octanol–water partition coefficient (Wildman–Crippen LogP) is 2.07. The van der Waals surface area contributed by atoms with Gasteiger partial charge in [-0.2, -0.15) is 11.8 Å². The van der Waals surface area contributed by atoms with Gasteiger partial charge in [0, 0.05) is 12.4 Å². The average molecular weight is 160 g/mol. The van der Waals surface area contributed by atoms with Gasteiger partial charge in [-0.25, -0.2) is 0 Å². The molecule has 0 aliphatic carbocycles. The lowest BCUT2D eigenvalue weighted by atomic mass is 10.3. The molecule has 0 aliphatic rings. The average Bonchev–Trinajstić information content (AvgIpc) is 1.97. The van der Waals surface area contributed by atoms with Gasteiger partial charge in [-0.15, -0.1) is 6.58 Å². The Balaban J connectivity index is 2.70. The van der Waals surface area contributed by atoms with Crippen LogP contribution in [0, 0.1) is 0 Å². The van der Waals surface area contributed by atoms with Crippen LogP contribution in [0.5, 0.6) is 0 Å². The minimum atomic E-state index is 0.339. The lowest BCUT2D eigenvalue weighted by Gasteiger charge is -1.96. The fourth-order valence-electron chi connectivity index (χ4n) is 0.659. The molecule has 0 saturated heterocycles. The third kappa shape index (κ3) is 8.05. The highest BCUT2D eigenvalue weighted by molar-refractivity contribution is 7.99. The first-order chi connectivity index (χ1) is 4.91. The Hall–Kier alpha value is 0.0500. The SMILES string of the molecule is C=CCSCCCCCO. The van der Waals surface area contributed by atoms with Crippen molar-refractivity contribution < 1.29 is 5.11 Å². The number of rotatable bonds is 7. The number of thioether (sulfide) groups is 1. The van der Waals surface area contributed by atoms with Gasteiger partial charge in [-0.05, 0) is 18.6 Å². The first-order valence-corrected chi connectivity index (χ1v) is 4.86. The van der Waals surface area contributed by atoms with E-state index in [4.69, 9.17) is 5.11 Å². The minimum absolute atomic E-state index is 0.339. The zero-order valence-corrected chi connectivity index (χ0v) is 7.20. The molecule has 0 amide bonds. The van der Waals surface area contributed by atoms with Crippen molar-refractivity contribution in [1.82, 2.24) is 0 Å². The van der Waals surface area contributed by atoms with Crippen LogP contribution in [0.3, 0.4) is 0 Å². The predicted molar refractivity (Wildman–Crippen MR) is 48.5 cm³/mol. The van der Waals surface area contributed by atoms with Gasteiger partial charge in [-0.1, -0.05) is 12.5 Å². The Morgan fingerprint density at radius 3 is 2.70 bits per heavy atom. The van der Waals surface area contributed by atoms with Gasteiger partial charge in [0.05, 0.1) is 0 Å². The highest BCUT2D eigenvalue weighted by Crippen LogP contribution is 2.05. The molecule has 0 aromatic carbocycles. The van der Waals surface area contributed by atoms with E-state index < -0.39 is 0 Å². The molecule has 0 unspecified atom stereocenters. The summed E-state index contributed by atoms with van der Waals surface area (Å²) in [6.07, 6.45) is 5.26. The topological polar surface area (TPSA) is 20.2 Å². The molecular weight excluding hydrogens is 144 g/mol.